The van der Waals surface area contributed by atoms with Crippen LogP contribution in [-0.2, 0) is 15.8 Å². The summed E-state index contributed by atoms with van der Waals surface area (Å²) in [7, 11) is 1.76. The van der Waals surface area contributed by atoms with Crippen molar-refractivity contribution >= 4 is 5.82 Å². The molecule has 0 saturated heterocycles. The van der Waals surface area contributed by atoms with Crippen LogP contribution in [0.15, 0.2) is 6.07 Å². The molecule has 1 fully saturated rings. The average molecular weight is 277 g/mol. The summed E-state index contributed by atoms with van der Waals surface area (Å²) >= 11 is 0. The highest BCUT2D eigenvalue weighted by Gasteiger charge is 2.39. The lowest BCUT2D eigenvalue weighted by atomic mass is 9.78. The zero-order valence-electron chi connectivity index (χ0n) is 13.4. The molecule has 1 saturated carbocycles. The van der Waals surface area contributed by atoms with Crippen LogP contribution >= 0.6 is 0 Å². The van der Waals surface area contributed by atoms with Crippen LogP contribution in [0.25, 0.3) is 0 Å². The monoisotopic (exact) mass is 277 g/mol. The van der Waals surface area contributed by atoms with E-state index in [1.54, 1.807) is 7.11 Å². The second-order valence-electron chi connectivity index (χ2n) is 7.13. The molecule has 0 aromatic carbocycles. The lowest BCUT2D eigenvalue weighted by molar-refractivity contribution is -0.0598. The summed E-state index contributed by atoms with van der Waals surface area (Å²) in [6.07, 6.45) is 4.24. The van der Waals surface area contributed by atoms with Crippen molar-refractivity contribution in [2.75, 3.05) is 12.8 Å². The minimum absolute atomic E-state index is 0.0390. The maximum atomic E-state index is 6.00. The van der Waals surface area contributed by atoms with E-state index in [-0.39, 0.29) is 11.0 Å². The van der Waals surface area contributed by atoms with Gasteiger partial charge in [-0.25, -0.2) is 9.97 Å². The van der Waals surface area contributed by atoms with E-state index >= 15 is 0 Å². The van der Waals surface area contributed by atoms with E-state index in [2.05, 4.69) is 32.7 Å². The molecule has 0 unspecified atom stereocenters. The molecule has 2 rings (SSSR count). The maximum absolute atomic E-state index is 6.00. The summed E-state index contributed by atoms with van der Waals surface area (Å²) < 4.78 is 5.86. The Morgan fingerprint density at radius 2 is 1.85 bits per heavy atom. The first kappa shape index (κ1) is 15.2. The Labute approximate surface area is 122 Å². The van der Waals surface area contributed by atoms with Crippen molar-refractivity contribution in [2.24, 2.45) is 5.92 Å². The van der Waals surface area contributed by atoms with Crippen LogP contribution in [0.4, 0.5) is 5.82 Å². The molecule has 1 aromatic heterocycles. The van der Waals surface area contributed by atoms with Crippen LogP contribution in [0.5, 0.6) is 0 Å². The van der Waals surface area contributed by atoms with Gasteiger partial charge in [0.05, 0.1) is 5.69 Å². The SMILES string of the molecule is COC1(c2nc(N)cc(C(C)(C)C)n2)CCC(C)CC1. The smallest absolute Gasteiger partial charge is 0.162 e. The Hall–Kier alpha value is -1.16. The molecule has 2 N–H and O–H groups in total. The molecular formula is C16H27N3O. The largest absolute Gasteiger partial charge is 0.384 e. The van der Waals surface area contributed by atoms with Crippen LogP contribution in [0, 0.1) is 5.92 Å². The number of aromatic nitrogens is 2. The maximum Gasteiger partial charge on any atom is 0.162 e. The summed E-state index contributed by atoms with van der Waals surface area (Å²) in [5, 5.41) is 0. The summed E-state index contributed by atoms with van der Waals surface area (Å²) in [6.45, 7) is 8.71. The minimum atomic E-state index is -0.359. The van der Waals surface area contributed by atoms with Crippen molar-refractivity contribution in [1.82, 2.24) is 9.97 Å². The number of hydrogen-bond acceptors (Lipinski definition) is 4. The Kier molecular flexibility index (Phi) is 4.05. The van der Waals surface area contributed by atoms with E-state index in [1.165, 1.54) is 0 Å². The molecule has 1 heterocycles. The molecule has 4 heteroatoms. The standard InChI is InChI=1S/C16H27N3O/c1-11-6-8-16(20-5,9-7-11)14-18-12(15(2,3)4)10-13(17)19-14/h10-11H,6-9H2,1-5H3,(H2,17,18,19). The first-order valence-corrected chi connectivity index (χ1v) is 7.47. The fourth-order valence-electron chi connectivity index (χ4n) is 2.80. The fraction of sp³-hybridized carbons (Fsp3) is 0.750. The Morgan fingerprint density at radius 3 is 2.35 bits per heavy atom. The van der Waals surface area contributed by atoms with E-state index in [1.807, 2.05) is 6.07 Å². The lowest BCUT2D eigenvalue weighted by Crippen LogP contribution is -2.36. The Balaban J connectivity index is 2.42. The second kappa shape index (κ2) is 5.32. The molecular weight excluding hydrogens is 250 g/mol. The number of nitrogens with two attached hydrogens (primary N) is 1. The lowest BCUT2D eigenvalue weighted by Gasteiger charge is -2.37. The molecule has 0 aliphatic heterocycles. The number of rotatable bonds is 2. The van der Waals surface area contributed by atoms with Crippen molar-refractivity contribution in [2.45, 2.75) is 64.4 Å². The number of methoxy groups -OCH3 is 1. The Bertz CT molecular complexity index is 471. The van der Waals surface area contributed by atoms with Crippen LogP contribution in [0.3, 0.4) is 0 Å². The van der Waals surface area contributed by atoms with Gasteiger partial charge in [-0.05, 0) is 31.6 Å². The summed E-state index contributed by atoms with van der Waals surface area (Å²) in [5.41, 5.74) is 6.58. The highest BCUT2D eigenvalue weighted by molar-refractivity contribution is 5.34. The summed E-state index contributed by atoms with van der Waals surface area (Å²) in [4.78, 5) is 9.26. The normalized spacial score (nSPS) is 27.6. The van der Waals surface area contributed by atoms with E-state index < -0.39 is 0 Å². The third-order valence-corrected chi connectivity index (χ3v) is 4.39. The number of ether oxygens (including phenoxy) is 1. The quantitative estimate of drug-likeness (QED) is 0.900. The van der Waals surface area contributed by atoms with Gasteiger partial charge in [-0.2, -0.15) is 0 Å². The number of nitrogens with zero attached hydrogens (tertiary/aromatic N) is 2. The third kappa shape index (κ3) is 2.95. The average Bonchev–Trinajstić information content (AvgIpc) is 2.38. The molecule has 1 aliphatic carbocycles. The highest BCUT2D eigenvalue weighted by Crippen LogP contribution is 2.41. The molecule has 1 aromatic rings. The summed E-state index contributed by atoms with van der Waals surface area (Å²) in [6, 6.07) is 1.87. The second-order valence-corrected chi connectivity index (χ2v) is 7.13. The predicted octanol–water partition coefficient (Wildman–Crippen LogP) is 3.41. The van der Waals surface area contributed by atoms with Gasteiger partial charge in [0, 0.05) is 18.6 Å². The van der Waals surface area contributed by atoms with Gasteiger partial charge in [-0.3, -0.25) is 0 Å². The van der Waals surface area contributed by atoms with Crippen molar-refractivity contribution in [3.8, 4) is 0 Å². The molecule has 0 radical (unpaired) electrons. The van der Waals surface area contributed by atoms with Gasteiger partial charge >= 0.3 is 0 Å². The molecule has 4 nitrogen and oxygen atoms in total. The van der Waals surface area contributed by atoms with Gasteiger partial charge in [0.1, 0.15) is 11.4 Å². The molecule has 112 valence electrons. The fourth-order valence-corrected chi connectivity index (χ4v) is 2.80. The minimum Gasteiger partial charge on any atom is -0.384 e. The van der Waals surface area contributed by atoms with Gasteiger partial charge in [-0.15, -0.1) is 0 Å². The molecule has 0 amide bonds. The van der Waals surface area contributed by atoms with Gasteiger partial charge in [0.15, 0.2) is 5.82 Å². The van der Waals surface area contributed by atoms with Crippen molar-refractivity contribution < 1.29 is 4.74 Å². The molecule has 20 heavy (non-hydrogen) atoms. The first-order chi connectivity index (χ1) is 9.27. The zero-order valence-corrected chi connectivity index (χ0v) is 13.4. The highest BCUT2D eigenvalue weighted by atomic mass is 16.5. The van der Waals surface area contributed by atoms with E-state index in [9.17, 15) is 0 Å². The molecule has 1 aliphatic rings. The number of anilines is 1. The van der Waals surface area contributed by atoms with E-state index in [0.717, 1.165) is 43.1 Å². The van der Waals surface area contributed by atoms with Gasteiger partial charge in [0.25, 0.3) is 0 Å². The van der Waals surface area contributed by atoms with Gasteiger partial charge in [-0.1, -0.05) is 27.7 Å². The van der Waals surface area contributed by atoms with Crippen molar-refractivity contribution in [3.05, 3.63) is 17.6 Å². The topological polar surface area (TPSA) is 61.0 Å². The predicted molar refractivity (Wildman–Crippen MR) is 81.5 cm³/mol. The number of hydrogen-bond donors (Lipinski definition) is 1. The summed E-state index contributed by atoms with van der Waals surface area (Å²) in [5.74, 6) is 2.05. The van der Waals surface area contributed by atoms with Gasteiger partial charge in [0.2, 0.25) is 0 Å². The first-order valence-electron chi connectivity index (χ1n) is 7.47. The van der Waals surface area contributed by atoms with Crippen LogP contribution in [0.2, 0.25) is 0 Å². The third-order valence-electron chi connectivity index (χ3n) is 4.39. The molecule has 0 atom stereocenters. The van der Waals surface area contributed by atoms with Crippen molar-refractivity contribution in [1.29, 1.82) is 0 Å². The zero-order chi connectivity index (χ0) is 15.0. The molecule has 0 spiro atoms. The van der Waals surface area contributed by atoms with Crippen LogP contribution in [-0.4, -0.2) is 17.1 Å². The van der Waals surface area contributed by atoms with Crippen LogP contribution in [0.1, 0.15) is 64.9 Å². The van der Waals surface area contributed by atoms with Crippen molar-refractivity contribution in [3.63, 3.8) is 0 Å². The number of nitrogen functional groups attached to an aromatic ring is 1. The van der Waals surface area contributed by atoms with E-state index in [0.29, 0.717) is 5.82 Å². The van der Waals surface area contributed by atoms with E-state index in [4.69, 9.17) is 15.5 Å². The molecule has 0 bridgehead atoms. The van der Waals surface area contributed by atoms with Crippen LogP contribution < -0.4 is 5.73 Å². The Morgan fingerprint density at radius 1 is 1.25 bits per heavy atom. The van der Waals surface area contributed by atoms with Gasteiger partial charge < -0.3 is 10.5 Å².